The molecular weight excluding hydrogens is 226 g/mol. The van der Waals surface area contributed by atoms with E-state index in [9.17, 15) is 0 Å². The molecule has 0 radical (unpaired) electrons. The Morgan fingerprint density at radius 2 is 2.28 bits per heavy atom. The van der Waals surface area contributed by atoms with Gasteiger partial charge in [0, 0.05) is 24.5 Å². The smallest absolute Gasteiger partial charge is 0.123 e. The van der Waals surface area contributed by atoms with Crippen LogP contribution in [-0.4, -0.2) is 23.4 Å². The van der Waals surface area contributed by atoms with Crippen molar-refractivity contribution >= 4 is 0 Å². The molecule has 1 aromatic heterocycles. The molecule has 0 bridgehead atoms. The van der Waals surface area contributed by atoms with Crippen molar-refractivity contribution in [1.29, 1.82) is 0 Å². The molecule has 4 nitrogen and oxygen atoms in total. The summed E-state index contributed by atoms with van der Waals surface area (Å²) in [5.41, 5.74) is 2.44. The third-order valence-electron chi connectivity index (χ3n) is 2.72. The molecular formula is C14H19N3O. The van der Waals surface area contributed by atoms with Gasteiger partial charge in [-0.05, 0) is 26.1 Å². The maximum absolute atomic E-state index is 5.82. The number of nitrogens with one attached hydrogen (secondary N) is 1. The number of rotatable bonds is 6. The lowest BCUT2D eigenvalue weighted by Gasteiger charge is -2.12. The van der Waals surface area contributed by atoms with Gasteiger partial charge in [0.05, 0.1) is 6.54 Å². The first-order valence-electron chi connectivity index (χ1n) is 6.14. The highest BCUT2D eigenvalue weighted by Gasteiger charge is 2.03. The van der Waals surface area contributed by atoms with Crippen LogP contribution in [0.25, 0.3) is 0 Å². The first-order chi connectivity index (χ1) is 8.79. The number of hydrogen-bond acceptors (Lipinski definition) is 3. The highest BCUT2D eigenvalue weighted by atomic mass is 16.5. The highest BCUT2D eigenvalue weighted by Crippen LogP contribution is 2.19. The first kappa shape index (κ1) is 12.6. The third-order valence-corrected chi connectivity index (χ3v) is 2.72. The number of aryl methyl sites for hydroxylation is 1. The van der Waals surface area contributed by atoms with E-state index in [-0.39, 0.29) is 0 Å². The monoisotopic (exact) mass is 245 g/mol. The lowest BCUT2D eigenvalue weighted by Crippen LogP contribution is -2.11. The Kier molecular flexibility index (Phi) is 4.36. The van der Waals surface area contributed by atoms with Gasteiger partial charge in [-0.25, -0.2) is 0 Å². The molecule has 0 saturated heterocycles. The molecule has 4 heteroatoms. The molecule has 0 aliphatic rings. The summed E-state index contributed by atoms with van der Waals surface area (Å²) in [5, 5.41) is 7.30. The zero-order chi connectivity index (χ0) is 12.8. The first-order valence-corrected chi connectivity index (χ1v) is 6.14. The van der Waals surface area contributed by atoms with Crippen LogP contribution < -0.4 is 10.1 Å². The van der Waals surface area contributed by atoms with Gasteiger partial charge in [-0.3, -0.25) is 4.68 Å². The van der Waals surface area contributed by atoms with E-state index in [4.69, 9.17) is 4.74 Å². The quantitative estimate of drug-likeness (QED) is 0.846. The van der Waals surface area contributed by atoms with Crippen LogP contribution in [0.15, 0.2) is 36.7 Å². The summed E-state index contributed by atoms with van der Waals surface area (Å²) in [6.45, 7) is 4.30. The van der Waals surface area contributed by atoms with Gasteiger partial charge in [-0.15, -0.1) is 0 Å². The standard InChI is InChI=1S/C14H19N3O/c1-12-4-5-14(13(10-12)11-15-2)18-9-8-17-7-3-6-16-17/h3-7,10,15H,8-9,11H2,1-2H3. The van der Waals surface area contributed by atoms with Crippen molar-refractivity contribution in [1.82, 2.24) is 15.1 Å². The van der Waals surface area contributed by atoms with Gasteiger partial charge in [0.2, 0.25) is 0 Å². The summed E-state index contributed by atoms with van der Waals surface area (Å²) in [6, 6.07) is 8.17. The predicted octanol–water partition coefficient (Wildman–Crippen LogP) is 1.99. The third kappa shape index (κ3) is 3.34. The molecule has 0 aliphatic heterocycles. The molecule has 1 heterocycles. The second kappa shape index (κ2) is 6.21. The molecule has 2 aromatic rings. The highest BCUT2D eigenvalue weighted by molar-refractivity contribution is 5.36. The number of benzene rings is 1. The lowest BCUT2D eigenvalue weighted by molar-refractivity contribution is 0.288. The fourth-order valence-electron chi connectivity index (χ4n) is 1.86. The number of hydrogen-bond donors (Lipinski definition) is 1. The fraction of sp³-hybridized carbons (Fsp3) is 0.357. The topological polar surface area (TPSA) is 39.1 Å². The van der Waals surface area contributed by atoms with Crippen LogP contribution in [0.1, 0.15) is 11.1 Å². The molecule has 96 valence electrons. The maximum atomic E-state index is 5.82. The molecule has 2 rings (SSSR count). The van der Waals surface area contributed by atoms with Crippen LogP contribution in [0, 0.1) is 6.92 Å². The van der Waals surface area contributed by atoms with Crippen LogP contribution in [-0.2, 0) is 13.1 Å². The second-order valence-electron chi connectivity index (χ2n) is 4.26. The molecule has 0 atom stereocenters. The van der Waals surface area contributed by atoms with Crippen molar-refractivity contribution in [3.8, 4) is 5.75 Å². The van der Waals surface area contributed by atoms with Gasteiger partial charge in [0.25, 0.3) is 0 Å². The van der Waals surface area contributed by atoms with E-state index in [0.29, 0.717) is 6.61 Å². The average Bonchev–Trinajstić information content (AvgIpc) is 2.85. The van der Waals surface area contributed by atoms with Gasteiger partial charge < -0.3 is 10.1 Å². The zero-order valence-electron chi connectivity index (χ0n) is 10.9. The Balaban J connectivity index is 1.95. The molecule has 0 saturated carbocycles. The maximum Gasteiger partial charge on any atom is 0.123 e. The van der Waals surface area contributed by atoms with Gasteiger partial charge in [0.1, 0.15) is 12.4 Å². The number of ether oxygens (including phenoxy) is 1. The van der Waals surface area contributed by atoms with Crippen LogP contribution in [0.4, 0.5) is 0 Å². The minimum atomic E-state index is 0.626. The Morgan fingerprint density at radius 3 is 3.00 bits per heavy atom. The van der Waals surface area contributed by atoms with E-state index in [0.717, 1.165) is 18.8 Å². The average molecular weight is 245 g/mol. The van der Waals surface area contributed by atoms with E-state index in [2.05, 4.69) is 29.5 Å². The number of nitrogens with zero attached hydrogens (tertiary/aromatic N) is 2. The second-order valence-corrected chi connectivity index (χ2v) is 4.26. The summed E-state index contributed by atoms with van der Waals surface area (Å²) in [5.74, 6) is 0.946. The Morgan fingerprint density at radius 1 is 1.39 bits per heavy atom. The van der Waals surface area contributed by atoms with E-state index in [1.807, 2.05) is 30.1 Å². The number of aromatic nitrogens is 2. The van der Waals surface area contributed by atoms with Gasteiger partial charge in [-0.1, -0.05) is 17.7 Å². The van der Waals surface area contributed by atoms with Gasteiger partial charge >= 0.3 is 0 Å². The van der Waals surface area contributed by atoms with E-state index in [1.165, 1.54) is 11.1 Å². The SMILES string of the molecule is CNCc1cc(C)ccc1OCCn1cccn1. The Hall–Kier alpha value is -1.81. The van der Waals surface area contributed by atoms with E-state index in [1.54, 1.807) is 6.20 Å². The summed E-state index contributed by atoms with van der Waals surface area (Å²) in [7, 11) is 1.94. The van der Waals surface area contributed by atoms with Crippen molar-refractivity contribution in [2.75, 3.05) is 13.7 Å². The lowest BCUT2D eigenvalue weighted by atomic mass is 10.1. The minimum absolute atomic E-state index is 0.626. The fourth-order valence-corrected chi connectivity index (χ4v) is 1.86. The summed E-state index contributed by atoms with van der Waals surface area (Å²) < 4.78 is 7.68. The van der Waals surface area contributed by atoms with Crippen LogP contribution in [0.2, 0.25) is 0 Å². The molecule has 18 heavy (non-hydrogen) atoms. The molecule has 0 unspecified atom stereocenters. The molecule has 0 amide bonds. The van der Waals surface area contributed by atoms with Crippen molar-refractivity contribution in [3.05, 3.63) is 47.8 Å². The Bertz CT molecular complexity index is 480. The van der Waals surface area contributed by atoms with E-state index >= 15 is 0 Å². The van der Waals surface area contributed by atoms with Gasteiger partial charge in [0.15, 0.2) is 0 Å². The van der Waals surface area contributed by atoms with Crippen molar-refractivity contribution in [2.24, 2.45) is 0 Å². The molecule has 1 N–H and O–H groups in total. The van der Waals surface area contributed by atoms with Crippen molar-refractivity contribution in [3.63, 3.8) is 0 Å². The van der Waals surface area contributed by atoms with E-state index < -0.39 is 0 Å². The van der Waals surface area contributed by atoms with Gasteiger partial charge in [-0.2, -0.15) is 5.10 Å². The summed E-state index contributed by atoms with van der Waals surface area (Å²) in [4.78, 5) is 0. The predicted molar refractivity (Wildman–Crippen MR) is 71.7 cm³/mol. The summed E-state index contributed by atoms with van der Waals surface area (Å²) in [6.07, 6.45) is 3.71. The van der Waals surface area contributed by atoms with Crippen molar-refractivity contribution < 1.29 is 4.74 Å². The molecule has 1 aromatic carbocycles. The normalized spacial score (nSPS) is 10.6. The van der Waals surface area contributed by atoms with Crippen LogP contribution in [0.5, 0.6) is 5.75 Å². The Labute approximate surface area is 108 Å². The molecule has 0 aliphatic carbocycles. The largest absolute Gasteiger partial charge is 0.491 e. The summed E-state index contributed by atoms with van der Waals surface area (Å²) >= 11 is 0. The zero-order valence-corrected chi connectivity index (χ0v) is 10.9. The van der Waals surface area contributed by atoms with Crippen LogP contribution >= 0.6 is 0 Å². The molecule has 0 fully saturated rings. The minimum Gasteiger partial charge on any atom is -0.491 e. The van der Waals surface area contributed by atoms with Crippen molar-refractivity contribution in [2.45, 2.75) is 20.0 Å². The van der Waals surface area contributed by atoms with Crippen LogP contribution in [0.3, 0.4) is 0 Å². The molecule has 0 spiro atoms.